The van der Waals surface area contributed by atoms with Crippen molar-refractivity contribution in [2.75, 3.05) is 36.8 Å². The van der Waals surface area contributed by atoms with Crippen molar-refractivity contribution in [2.24, 2.45) is 11.8 Å². The molecule has 1 heterocycles. The fraction of sp³-hybridized carbons (Fsp3) is 0.435. The van der Waals surface area contributed by atoms with E-state index < -0.39 is 66.1 Å². The lowest BCUT2D eigenvalue weighted by molar-refractivity contribution is -0.130. The molecule has 8 N–H and O–H groups in total. The highest BCUT2D eigenvalue weighted by molar-refractivity contribution is 5.99. The molecule has 3 aromatic carbocycles. The van der Waals surface area contributed by atoms with E-state index >= 15 is 0 Å². The number of carbonyl (C=O) groups excluding carboxylic acids is 7. The SMILES string of the molecule is CC(C)(C)OC(=O)NCC(=O)NCC(=O)NCC(=O)Nc1ccccc1-c1ccc(C[C@H](NC(=O)C2CCC(CNC(=O)OC(C)(C)C)CC2)C(=O)Nc2ccc(-c3nn[nH]n3)cc2)cc1. The molecule has 0 bridgehead atoms. The van der Waals surface area contributed by atoms with E-state index in [1.54, 1.807) is 77.9 Å². The summed E-state index contributed by atoms with van der Waals surface area (Å²) in [5.41, 5.74) is 2.57. The van der Waals surface area contributed by atoms with Crippen LogP contribution >= 0.6 is 0 Å². The fourth-order valence-corrected chi connectivity index (χ4v) is 6.93. The third-order valence-electron chi connectivity index (χ3n) is 10.1. The molecule has 66 heavy (non-hydrogen) atoms. The van der Waals surface area contributed by atoms with Crippen LogP contribution in [0.15, 0.2) is 72.8 Å². The number of H-pyrrole nitrogens is 1. The molecule has 4 aromatic rings. The van der Waals surface area contributed by atoms with Crippen LogP contribution in [-0.4, -0.2) is 106 Å². The largest absolute Gasteiger partial charge is 0.444 e. The van der Waals surface area contributed by atoms with Crippen LogP contribution in [0.1, 0.15) is 72.8 Å². The minimum absolute atomic E-state index is 0.173. The lowest BCUT2D eigenvalue weighted by atomic mass is 9.81. The molecule has 20 nitrogen and oxygen atoms in total. The van der Waals surface area contributed by atoms with Gasteiger partial charge in [0.05, 0.1) is 13.1 Å². The molecule has 1 aliphatic carbocycles. The highest BCUT2D eigenvalue weighted by atomic mass is 16.6. The van der Waals surface area contributed by atoms with E-state index in [4.69, 9.17) is 9.47 Å². The summed E-state index contributed by atoms with van der Waals surface area (Å²) in [6.45, 7) is 9.74. The summed E-state index contributed by atoms with van der Waals surface area (Å²) in [4.78, 5) is 88.9. The van der Waals surface area contributed by atoms with E-state index in [2.05, 4.69) is 57.8 Å². The molecule has 1 atom stereocenters. The van der Waals surface area contributed by atoms with Gasteiger partial charge in [-0.15, -0.1) is 10.2 Å². The number of nitrogens with zero attached hydrogens (tertiary/aromatic N) is 3. The third-order valence-corrected chi connectivity index (χ3v) is 10.1. The van der Waals surface area contributed by atoms with Crippen molar-refractivity contribution in [3.63, 3.8) is 0 Å². The zero-order valence-corrected chi connectivity index (χ0v) is 38.0. The Bertz CT molecular complexity index is 2300. The summed E-state index contributed by atoms with van der Waals surface area (Å²) >= 11 is 0. The Morgan fingerprint density at radius 2 is 1.24 bits per heavy atom. The average Bonchev–Trinajstić information content (AvgIpc) is 3.81. The van der Waals surface area contributed by atoms with E-state index in [1.807, 2.05) is 36.4 Å². The third kappa shape index (κ3) is 16.6. The molecular weight excluding hydrogens is 851 g/mol. The predicted octanol–water partition coefficient (Wildman–Crippen LogP) is 4.23. The monoisotopic (exact) mass is 909 g/mol. The average molecular weight is 910 g/mol. The molecule has 20 heteroatoms. The standard InChI is InChI=1S/C46H59N11O9/c1-45(2,3)65-43(63)49-24-29-13-17-32(18-14-29)41(61)53-36(42(62)51-33-21-19-31(20-22-33)40-54-56-57-55-40)23-28-11-15-30(16-12-28)34-9-7-8-10-35(34)52-39(60)27-48-37(58)25-47-38(59)26-50-44(64)66-46(4,5)6/h7-12,15-16,19-22,29,32,36H,13-14,17-18,23-27H2,1-6H3,(H,47,59)(H,48,58)(H,49,63)(H,50,64)(H,51,62)(H,52,60)(H,53,61)(H,54,55,56,57)/t29?,32?,36-/m0/s1. The molecule has 5 rings (SSSR count). The Kier molecular flexibility index (Phi) is 17.3. The van der Waals surface area contributed by atoms with E-state index in [9.17, 15) is 33.6 Å². The molecule has 0 unspecified atom stereocenters. The summed E-state index contributed by atoms with van der Waals surface area (Å²) < 4.78 is 10.4. The van der Waals surface area contributed by atoms with Crippen LogP contribution in [0.4, 0.5) is 21.0 Å². The number of hydrogen-bond donors (Lipinski definition) is 8. The quantitative estimate of drug-likeness (QED) is 0.0740. The first-order valence-corrected chi connectivity index (χ1v) is 21.7. The molecule has 1 fully saturated rings. The second kappa shape index (κ2) is 23.0. The summed E-state index contributed by atoms with van der Waals surface area (Å²) in [6.07, 6.45) is 1.59. The van der Waals surface area contributed by atoms with Gasteiger partial charge in [-0.05, 0) is 120 Å². The van der Waals surface area contributed by atoms with Crippen molar-refractivity contribution in [1.82, 2.24) is 47.2 Å². The summed E-state index contributed by atoms with van der Waals surface area (Å²) in [7, 11) is 0. The molecule has 0 radical (unpaired) electrons. The van der Waals surface area contributed by atoms with Crippen LogP contribution in [0.3, 0.4) is 0 Å². The van der Waals surface area contributed by atoms with Gasteiger partial charge in [-0.3, -0.25) is 24.0 Å². The lowest BCUT2D eigenvalue weighted by Crippen LogP contribution is -2.48. The number of tetrazole rings is 1. The number of para-hydroxylation sites is 1. The van der Waals surface area contributed by atoms with Gasteiger partial charge in [0.1, 0.15) is 23.8 Å². The first-order valence-electron chi connectivity index (χ1n) is 21.7. The molecule has 0 saturated heterocycles. The van der Waals surface area contributed by atoms with Crippen molar-refractivity contribution < 1.29 is 43.0 Å². The van der Waals surface area contributed by atoms with Gasteiger partial charge in [0, 0.05) is 41.4 Å². The van der Waals surface area contributed by atoms with E-state index in [0.29, 0.717) is 47.7 Å². The number of hydrogen-bond acceptors (Lipinski definition) is 12. The highest BCUT2D eigenvalue weighted by Crippen LogP contribution is 2.30. The van der Waals surface area contributed by atoms with Gasteiger partial charge in [0.25, 0.3) is 0 Å². The number of anilines is 2. The molecule has 0 spiro atoms. The molecule has 1 aromatic heterocycles. The van der Waals surface area contributed by atoms with Crippen LogP contribution in [0, 0.1) is 11.8 Å². The van der Waals surface area contributed by atoms with Crippen molar-refractivity contribution in [1.29, 1.82) is 0 Å². The zero-order valence-electron chi connectivity index (χ0n) is 38.0. The number of carbonyl (C=O) groups is 7. The van der Waals surface area contributed by atoms with Gasteiger partial charge < -0.3 is 46.7 Å². The number of ether oxygens (including phenoxy) is 2. The maximum Gasteiger partial charge on any atom is 0.408 e. The van der Waals surface area contributed by atoms with Crippen LogP contribution < -0.4 is 37.2 Å². The Labute approximate surface area is 382 Å². The van der Waals surface area contributed by atoms with E-state index in [1.165, 1.54) is 0 Å². The van der Waals surface area contributed by atoms with Crippen molar-refractivity contribution in [2.45, 2.75) is 90.9 Å². The van der Waals surface area contributed by atoms with Crippen LogP contribution in [0.2, 0.25) is 0 Å². The first kappa shape index (κ1) is 49.6. The van der Waals surface area contributed by atoms with Crippen molar-refractivity contribution in [3.8, 4) is 22.5 Å². The van der Waals surface area contributed by atoms with Crippen LogP contribution in [-0.2, 0) is 39.9 Å². The number of rotatable bonds is 17. The molecule has 352 valence electrons. The lowest BCUT2D eigenvalue weighted by Gasteiger charge is -2.29. The second-order valence-corrected chi connectivity index (χ2v) is 17.9. The van der Waals surface area contributed by atoms with Gasteiger partial charge >= 0.3 is 12.2 Å². The maximum atomic E-state index is 13.9. The number of benzene rings is 3. The minimum Gasteiger partial charge on any atom is -0.444 e. The van der Waals surface area contributed by atoms with E-state index in [0.717, 1.165) is 24.0 Å². The Morgan fingerprint density at radius 1 is 0.667 bits per heavy atom. The minimum atomic E-state index is -0.934. The topological polar surface area (TPSA) is 277 Å². The number of aromatic nitrogens is 4. The molecule has 1 aliphatic rings. The summed E-state index contributed by atoms with van der Waals surface area (Å²) in [5, 5.41) is 32.7. The molecule has 0 aliphatic heterocycles. The first-order chi connectivity index (χ1) is 31.3. The number of amides is 7. The van der Waals surface area contributed by atoms with E-state index in [-0.39, 0.29) is 30.7 Å². The van der Waals surface area contributed by atoms with Gasteiger partial charge in [0.2, 0.25) is 35.4 Å². The Hall–Kier alpha value is -7.38. The summed E-state index contributed by atoms with van der Waals surface area (Å²) in [6, 6.07) is 20.5. The fourth-order valence-electron chi connectivity index (χ4n) is 6.93. The zero-order chi connectivity index (χ0) is 47.9. The van der Waals surface area contributed by atoms with Crippen LogP contribution in [0.25, 0.3) is 22.5 Å². The van der Waals surface area contributed by atoms with Gasteiger partial charge in [0.15, 0.2) is 0 Å². The molecule has 7 amide bonds. The van der Waals surface area contributed by atoms with Crippen molar-refractivity contribution in [3.05, 3.63) is 78.4 Å². The van der Waals surface area contributed by atoms with Gasteiger partial charge in [-0.25, -0.2) is 9.59 Å². The number of nitrogens with one attached hydrogen (secondary N) is 8. The predicted molar refractivity (Wildman–Crippen MR) is 244 cm³/mol. The van der Waals surface area contributed by atoms with Crippen molar-refractivity contribution >= 4 is 53.1 Å². The highest BCUT2D eigenvalue weighted by Gasteiger charge is 2.30. The van der Waals surface area contributed by atoms with Crippen LogP contribution in [0.5, 0.6) is 0 Å². The van der Waals surface area contributed by atoms with Gasteiger partial charge in [-0.2, -0.15) is 5.21 Å². The number of alkyl carbamates (subject to hydrolysis) is 2. The normalized spacial score (nSPS) is 15.2. The Balaban J connectivity index is 1.18. The smallest absolute Gasteiger partial charge is 0.408 e. The van der Waals surface area contributed by atoms with Gasteiger partial charge in [-0.1, -0.05) is 42.5 Å². The second-order valence-electron chi connectivity index (χ2n) is 17.9. The maximum absolute atomic E-state index is 13.9. The number of aromatic amines is 1. The Morgan fingerprint density at radius 3 is 1.85 bits per heavy atom. The molecular formula is C46H59N11O9. The molecule has 1 saturated carbocycles. The summed E-state index contributed by atoms with van der Waals surface area (Å²) in [5.74, 6) is -2.08.